The predicted octanol–water partition coefficient (Wildman–Crippen LogP) is 1.89. The highest BCUT2D eigenvalue weighted by Crippen LogP contribution is 2.21. The van der Waals surface area contributed by atoms with E-state index in [1.54, 1.807) is 52.9 Å². The standard InChI is InChI=1S/C15H23N3O4/c1-6-21-12(19)15(5,11-8-7-9-16-10-11)18-17-13(20)22-14(2,3)4/h7-10,18H,6H2,1-5H3,(H,17,20). The number of aromatic nitrogens is 1. The van der Waals surface area contributed by atoms with Crippen LogP contribution in [0.5, 0.6) is 0 Å². The van der Waals surface area contributed by atoms with Crippen molar-refractivity contribution in [3.8, 4) is 0 Å². The highest BCUT2D eigenvalue weighted by atomic mass is 16.6. The van der Waals surface area contributed by atoms with E-state index in [-0.39, 0.29) is 6.61 Å². The van der Waals surface area contributed by atoms with Crippen molar-refractivity contribution < 1.29 is 19.1 Å². The van der Waals surface area contributed by atoms with Crippen LogP contribution in [0.15, 0.2) is 24.5 Å². The summed E-state index contributed by atoms with van der Waals surface area (Å²) in [6.45, 7) is 8.78. The number of rotatable bonds is 5. The summed E-state index contributed by atoms with van der Waals surface area (Å²) in [5, 5.41) is 0. The van der Waals surface area contributed by atoms with E-state index in [9.17, 15) is 9.59 Å². The topological polar surface area (TPSA) is 89.6 Å². The molecule has 7 heteroatoms. The third kappa shape index (κ3) is 5.00. The molecule has 0 saturated carbocycles. The average Bonchev–Trinajstić information content (AvgIpc) is 2.44. The number of carbonyl (C=O) groups is 2. The Morgan fingerprint density at radius 3 is 2.45 bits per heavy atom. The van der Waals surface area contributed by atoms with Gasteiger partial charge in [0.1, 0.15) is 5.60 Å². The largest absolute Gasteiger partial charge is 0.464 e. The van der Waals surface area contributed by atoms with Gasteiger partial charge in [-0.3, -0.25) is 10.4 Å². The second-order valence-corrected chi connectivity index (χ2v) is 5.84. The lowest BCUT2D eigenvalue weighted by Crippen LogP contribution is -2.56. The van der Waals surface area contributed by atoms with Crippen molar-refractivity contribution in [2.75, 3.05) is 6.61 Å². The fourth-order valence-corrected chi connectivity index (χ4v) is 1.65. The van der Waals surface area contributed by atoms with Crippen molar-refractivity contribution in [1.29, 1.82) is 0 Å². The first kappa shape index (κ1) is 17.9. The maximum Gasteiger partial charge on any atom is 0.422 e. The van der Waals surface area contributed by atoms with Crippen LogP contribution in [-0.2, 0) is 19.8 Å². The number of hydrogen-bond acceptors (Lipinski definition) is 6. The normalized spacial score (nSPS) is 13.9. The number of pyridine rings is 1. The third-order valence-corrected chi connectivity index (χ3v) is 2.74. The number of amides is 1. The number of nitrogens with one attached hydrogen (secondary N) is 2. The van der Waals surface area contributed by atoms with Crippen LogP contribution in [0.4, 0.5) is 4.79 Å². The molecule has 22 heavy (non-hydrogen) atoms. The Hall–Kier alpha value is -2.15. The van der Waals surface area contributed by atoms with Crippen molar-refractivity contribution in [3.05, 3.63) is 30.1 Å². The maximum atomic E-state index is 12.3. The summed E-state index contributed by atoms with van der Waals surface area (Å²) >= 11 is 0. The Balaban J connectivity index is 2.89. The molecule has 0 radical (unpaired) electrons. The molecule has 0 aliphatic rings. The molecule has 0 bridgehead atoms. The first-order valence-corrected chi connectivity index (χ1v) is 7.03. The fraction of sp³-hybridized carbons (Fsp3) is 0.533. The second kappa shape index (κ2) is 7.22. The van der Waals surface area contributed by atoms with Gasteiger partial charge in [0.25, 0.3) is 0 Å². The van der Waals surface area contributed by atoms with Crippen molar-refractivity contribution in [2.24, 2.45) is 0 Å². The lowest BCUT2D eigenvalue weighted by molar-refractivity contribution is -0.151. The zero-order valence-corrected chi connectivity index (χ0v) is 13.6. The maximum absolute atomic E-state index is 12.3. The fourth-order valence-electron chi connectivity index (χ4n) is 1.65. The Labute approximate surface area is 130 Å². The summed E-state index contributed by atoms with van der Waals surface area (Å²) < 4.78 is 10.2. The number of nitrogens with zero attached hydrogens (tertiary/aromatic N) is 1. The van der Waals surface area contributed by atoms with Gasteiger partial charge >= 0.3 is 12.1 Å². The van der Waals surface area contributed by atoms with Crippen molar-refractivity contribution in [2.45, 2.75) is 45.8 Å². The van der Waals surface area contributed by atoms with Gasteiger partial charge in [0.15, 0.2) is 5.54 Å². The number of ether oxygens (including phenoxy) is 2. The van der Waals surface area contributed by atoms with E-state index in [0.29, 0.717) is 5.56 Å². The second-order valence-electron chi connectivity index (χ2n) is 5.84. The summed E-state index contributed by atoms with van der Waals surface area (Å²) in [5.74, 6) is -0.529. The third-order valence-electron chi connectivity index (χ3n) is 2.74. The molecule has 2 N–H and O–H groups in total. The Bertz CT molecular complexity index is 513. The van der Waals surface area contributed by atoms with Crippen LogP contribution in [0.1, 0.15) is 40.2 Å². The molecule has 0 saturated heterocycles. The molecule has 7 nitrogen and oxygen atoms in total. The summed E-state index contributed by atoms with van der Waals surface area (Å²) in [7, 11) is 0. The van der Waals surface area contributed by atoms with Crippen LogP contribution in [0, 0.1) is 0 Å². The molecule has 0 aliphatic heterocycles. The average molecular weight is 309 g/mol. The smallest absolute Gasteiger partial charge is 0.422 e. The molecular formula is C15H23N3O4. The monoisotopic (exact) mass is 309 g/mol. The molecule has 122 valence electrons. The Morgan fingerprint density at radius 2 is 1.95 bits per heavy atom. The molecular weight excluding hydrogens is 286 g/mol. The van der Waals surface area contributed by atoms with Gasteiger partial charge in [-0.1, -0.05) is 6.07 Å². The van der Waals surface area contributed by atoms with Crippen LogP contribution in [0.3, 0.4) is 0 Å². The highest BCUT2D eigenvalue weighted by molar-refractivity contribution is 5.82. The van der Waals surface area contributed by atoms with Crippen molar-refractivity contribution in [1.82, 2.24) is 15.8 Å². The molecule has 1 unspecified atom stereocenters. The van der Waals surface area contributed by atoms with Crippen LogP contribution in [0.2, 0.25) is 0 Å². The summed E-state index contributed by atoms with van der Waals surface area (Å²) in [5.41, 5.74) is 3.70. The quantitative estimate of drug-likeness (QED) is 0.638. The lowest BCUT2D eigenvalue weighted by atomic mass is 9.94. The molecule has 0 fully saturated rings. The van der Waals surface area contributed by atoms with Gasteiger partial charge in [-0.2, -0.15) is 0 Å². The molecule has 1 amide bonds. The minimum absolute atomic E-state index is 0.225. The van der Waals surface area contributed by atoms with Gasteiger partial charge in [0, 0.05) is 18.0 Å². The van der Waals surface area contributed by atoms with Gasteiger partial charge in [-0.05, 0) is 40.7 Å². The SMILES string of the molecule is CCOC(=O)C(C)(NNC(=O)OC(C)(C)C)c1cccnc1. The minimum Gasteiger partial charge on any atom is -0.464 e. The number of carbonyl (C=O) groups excluding carboxylic acids is 2. The van der Waals surface area contributed by atoms with Crippen LogP contribution in [0.25, 0.3) is 0 Å². The number of hydrogen-bond donors (Lipinski definition) is 2. The van der Waals surface area contributed by atoms with Gasteiger partial charge < -0.3 is 9.47 Å². The van der Waals surface area contributed by atoms with E-state index < -0.39 is 23.2 Å². The molecule has 1 atom stereocenters. The van der Waals surface area contributed by atoms with E-state index in [4.69, 9.17) is 9.47 Å². The molecule has 1 heterocycles. The lowest BCUT2D eigenvalue weighted by Gasteiger charge is -2.29. The van der Waals surface area contributed by atoms with Gasteiger partial charge in [-0.25, -0.2) is 15.0 Å². The van der Waals surface area contributed by atoms with Gasteiger partial charge in [0.05, 0.1) is 6.61 Å². The van der Waals surface area contributed by atoms with Crippen molar-refractivity contribution in [3.63, 3.8) is 0 Å². The molecule has 0 aliphatic carbocycles. The molecule has 0 aromatic carbocycles. The van der Waals surface area contributed by atoms with E-state index in [0.717, 1.165) is 0 Å². The molecule has 0 spiro atoms. The molecule has 1 rings (SSSR count). The highest BCUT2D eigenvalue weighted by Gasteiger charge is 2.38. The zero-order chi connectivity index (χ0) is 16.8. The number of hydrazine groups is 1. The van der Waals surface area contributed by atoms with E-state index in [1.807, 2.05) is 0 Å². The summed E-state index contributed by atoms with van der Waals surface area (Å²) in [6.07, 6.45) is 2.43. The van der Waals surface area contributed by atoms with Crippen molar-refractivity contribution >= 4 is 12.1 Å². The predicted molar refractivity (Wildman–Crippen MR) is 80.7 cm³/mol. The van der Waals surface area contributed by atoms with Crippen LogP contribution in [-0.4, -0.2) is 29.3 Å². The van der Waals surface area contributed by atoms with E-state index in [2.05, 4.69) is 15.8 Å². The van der Waals surface area contributed by atoms with Gasteiger partial charge in [-0.15, -0.1) is 0 Å². The van der Waals surface area contributed by atoms with E-state index in [1.165, 1.54) is 6.20 Å². The first-order valence-electron chi connectivity index (χ1n) is 7.03. The molecule has 1 aromatic heterocycles. The summed E-state index contributed by atoms with van der Waals surface area (Å²) in [6, 6.07) is 3.41. The Morgan fingerprint density at radius 1 is 1.27 bits per heavy atom. The zero-order valence-electron chi connectivity index (χ0n) is 13.6. The van der Waals surface area contributed by atoms with Crippen LogP contribution < -0.4 is 10.9 Å². The Kier molecular flexibility index (Phi) is 5.87. The first-order chi connectivity index (χ1) is 10.2. The number of esters is 1. The molecule has 1 aromatic rings. The van der Waals surface area contributed by atoms with E-state index >= 15 is 0 Å². The summed E-state index contributed by atoms with van der Waals surface area (Å²) in [4.78, 5) is 28.0. The van der Waals surface area contributed by atoms with Gasteiger partial charge in [0.2, 0.25) is 0 Å². The minimum atomic E-state index is -1.28. The van der Waals surface area contributed by atoms with Crippen LogP contribution >= 0.6 is 0 Å².